The molecule has 6 heteroatoms. The van der Waals surface area contributed by atoms with E-state index in [2.05, 4.69) is 21.2 Å². The van der Waals surface area contributed by atoms with E-state index < -0.39 is 17.7 Å². The standard InChI is InChI=1S/C14H11BrClF2NO/c15-14-8(16)3-1-6-11(14)19-7-12(20)13-9(17)4-2-5-10(13)18/h1-6,12,19-20H,7H2. The quantitative estimate of drug-likeness (QED) is 0.838. The zero-order chi connectivity index (χ0) is 14.7. The lowest BCUT2D eigenvalue weighted by Gasteiger charge is -2.15. The van der Waals surface area contributed by atoms with E-state index >= 15 is 0 Å². The van der Waals surface area contributed by atoms with E-state index in [9.17, 15) is 13.9 Å². The molecule has 0 heterocycles. The minimum absolute atomic E-state index is 0.0448. The summed E-state index contributed by atoms with van der Waals surface area (Å²) >= 11 is 9.22. The Balaban J connectivity index is 2.13. The van der Waals surface area contributed by atoms with E-state index in [0.717, 1.165) is 12.1 Å². The van der Waals surface area contributed by atoms with Crippen LogP contribution < -0.4 is 5.32 Å². The minimum atomic E-state index is -1.30. The van der Waals surface area contributed by atoms with Crippen molar-refractivity contribution in [2.24, 2.45) is 0 Å². The Morgan fingerprint density at radius 1 is 1.15 bits per heavy atom. The summed E-state index contributed by atoms with van der Waals surface area (Å²) < 4.78 is 27.7. The van der Waals surface area contributed by atoms with Crippen molar-refractivity contribution in [3.8, 4) is 0 Å². The van der Waals surface area contributed by atoms with Gasteiger partial charge in [0.15, 0.2) is 0 Å². The summed E-state index contributed by atoms with van der Waals surface area (Å²) in [7, 11) is 0. The second kappa shape index (κ2) is 6.52. The van der Waals surface area contributed by atoms with Gasteiger partial charge in [-0.1, -0.05) is 23.7 Å². The van der Waals surface area contributed by atoms with Gasteiger partial charge in [-0.25, -0.2) is 8.78 Å². The molecule has 2 aromatic carbocycles. The van der Waals surface area contributed by atoms with Crippen LogP contribution >= 0.6 is 27.5 Å². The molecular formula is C14H11BrClF2NO. The van der Waals surface area contributed by atoms with Crippen molar-refractivity contribution in [1.82, 2.24) is 0 Å². The van der Waals surface area contributed by atoms with E-state index in [1.165, 1.54) is 6.07 Å². The van der Waals surface area contributed by atoms with E-state index in [0.29, 0.717) is 15.2 Å². The van der Waals surface area contributed by atoms with Gasteiger partial charge in [-0.05, 0) is 40.2 Å². The van der Waals surface area contributed by atoms with Crippen LogP contribution in [-0.2, 0) is 0 Å². The third-order valence-corrected chi connectivity index (χ3v) is 4.17. The fourth-order valence-corrected chi connectivity index (χ4v) is 2.36. The first-order valence-corrected chi connectivity index (χ1v) is 6.97. The Morgan fingerprint density at radius 2 is 1.75 bits per heavy atom. The van der Waals surface area contributed by atoms with Crippen molar-refractivity contribution in [1.29, 1.82) is 0 Å². The molecule has 0 aliphatic carbocycles. The second-order valence-corrected chi connectivity index (χ2v) is 5.33. The van der Waals surface area contributed by atoms with Crippen LogP contribution in [0.25, 0.3) is 0 Å². The van der Waals surface area contributed by atoms with Crippen LogP contribution in [0.4, 0.5) is 14.5 Å². The molecule has 1 unspecified atom stereocenters. The molecule has 1 atom stereocenters. The maximum absolute atomic E-state index is 13.5. The summed E-state index contributed by atoms with van der Waals surface area (Å²) in [6.45, 7) is -0.0448. The van der Waals surface area contributed by atoms with Crippen LogP contribution in [0.1, 0.15) is 11.7 Å². The summed E-state index contributed by atoms with van der Waals surface area (Å²) in [5.74, 6) is -1.55. The molecular weight excluding hydrogens is 352 g/mol. The third kappa shape index (κ3) is 3.29. The van der Waals surface area contributed by atoms with Gasteiger partial charge in [0.05, 0.1) is 20.7 Å². The molecule has 0 saturated carbocycles. The highest BCUT2D eigenvalue weighted by Crippen LogP contribution is 2.30. The van der Waals surface area contributed by atoms with Gasteiger partial charge in [-0.2, -0.15) is 0 Å². The van der Waals surface area contributed by atoms with Crippen molar-refractivity contribution in [3.05, 3.63) is 63.1 Å². The highest BCUT2D eigenvalue weighted by Gasteiger charge is 2.17. The highest BCUT2D eigenvalue weighted by atomic mass is 79.9. The lowest BCUT2D eigenvalue weighted by atomic mass is 10.1. The molecule has 0 saturated heterocycles. The molecule has 0 aliphatic heterocycles. The molecule has 0 aliphatic rings. The fourth-order valence-electron chi connectivity index (χ4n) is 1.78. The van der Waals surface area contributed by atoms with E-state index in [1.54, 1.807) is 18.2 Å². The predicted octanol–water partition coefficient (Wildman–Crippen LogP) is 4.53. The lowest BCUT2D eigenvalue weighted by molar-refractivity contribution is 0.181. The monoisotopic (exact) mass is 361 g/mol. The number of nitrogens with one attached hydrogen (secondary N) is 1. The van der Waals surface area contributed by atoms with Gasteiger partial charge in [0, 0.05) is 6.54 Å². The normalized spacial score (nSPS) is 12.2. The average molecular weight is 363 g/mol. The summed E-state index contributed by atoms with van der Waals surface area (Å²) in [6, 6.07) is 8.63. The number of aliphatic hydroxyl groups is 1. The van der Waals surface area contributed by atoms with E-state index in [-0.39, 0.29) is 12.1 Å². The van der Waals surface area contributed by atoms with Crippen LogP contribution in [0.3, 0.4) is 0 Å². The van der Waals surface area contributed by atoms with Crippen LogP contribution in [0.2, 0.25) is 5.02 Å². The predicted molar refractivity (Wildman–Crippen MR) is 79.0 cm³/mol. The molecule has 2 nitrogen and oxygen atoms in total. The summed E-state index contributed by atoms with van der Waals surface area (Å²) in [4.78, 5) is 0. The van der Waals surface area contributed by atoms with Crippen LogP contribution in [-0.4, -0.2) is 11.7 Å². The van der Waals surface area contributed by atoms with Crippen molar-refractivity contribution < 1.29 is 13.9 Å². The molecule has 0 spiro atoms. The zero-order valence-electron chi connectivity index (χ0n) is 10.2. The number of hydrogen-bond acceptors (Lipinski definition) is 2. The molecule has 0 radical (unpaired) electrons. The maximum Gasteiger partial charge on any atom is 0.132 e. The number of benzene rings is 2. The van der Waals surface area contributed by atoms with E-state index in [4.69, 9.17) is 11.6 Å². The maximum atomic E-state index is 13.5. The smallest absolute Gasteiger partial charge is 0.132 e. The third-order valence-electron chi connectivity index (χ3n) is 2.77. The number of aliphatic hydroxyl groups excluding tert-OH is 1. The molecule has 106 valence electrons. The summed E-state index contributed by atoms with van der Waals surface area (Å²) in [5.41, 5.74) is 0.284. The molecule has 0 bridgehead atoms. The van der Waals surface area contributed by atoms with Gasteiger partial charge in [0.1, 0.15) is 17.7 Å². The van der Waals surface area contributed by atoms with Gasteiger partial charge >= 0.3 is 0 Å². The van der Waals surface area contributed by atoms with E-state index in [1.807, 2.05) is 0 Å². The van der Waals surface area contributed by atoms with Crippen LogP contribution in [0.5, 0.6) is 0 Å². The average Bonchev–Trinajstić information content (AvgIpc) is 2.40. The van der Waals surface area contributed by atoms with Gasteiger partial charge in [0.2, 0.25) is 0 Å². The number of halogens is 4. The Morgan fingerprint density at radius 3 is 2.40 bits per heavy atom. The molecule has 20 heavy (non-hydrogen) atoms. The Hall–Kier alpha value is -1.17. The fraction of sp³-hybridized carbons (Fsp3) is 0.143. The molecule has 2 N–H and O–H groups in total. The van der Waals surface area contributed by atoms with Crippen molar-refractivity contribution in [2.45, 2.75) is 6.10 Å². The number of hydrogen-bond donors (Lipinski definition) is 2. The molecule has 0 aromatic heterocycles. The first-order chi connectivity index (χ1) is 9.50. The largest absolute Gasteiger partial charge is 0.386 e. The Bertz CT molecular complexity index is 604. The van der Waals surface area contributed by atoms with Gasteiger partial charge < -0.3 is 10.4 Å². The minimum Gasteiger partial charge on any atom is -0.386 e. The van der Waals surface area contributed by atoms with Crippen LogP contribution in [0.15, 0.2) is 40.9 Å². The SMILES string of the molecule is OC(CNc1cccc(Cl)c1Br)c1c(F)cccc1F. The van der Waals surface area contributed by atoms with Crippen molar-refractivity contribution >= 4 is 33.2 Å². The molecule has 0 amide bonds. The molecule has 2 rings (SSSR count). The Labute approximate surface area is 128 Å². The van der Waals surface area contributed by atoms with Gasteiger partial charge in [0.25, 0.3) is 0 Å². The zero-order valence-corrected chi connectivity index (χ0v) is 12.5. The Kier molecular flexibility index (Phi) is 4.96. The summed E-state index contributed by atoms with van der Waals surface area (Å²) in [5, 5.41) is 13.3. The summed E-state index contributed by atoms with van der Waals surface area (Å²) in [6.07, 6.45) is -1.30. The topological polar surface area (TPSA) is 32.3 Å². The molecule has 2 aromatic rings. The lowest BCUT2D eigenvalue weighted by Crippen LogP contribution is -2.15. The van der Waals surface area contributed by atoms with Gasteiger partial charge in [-0.15, -0.1) is 0 Å². The first kappa shape index (κ1) is 15.2. The number of rotatable bonds is 4. The van der Waals surface area contributed by atoms with Crippen molar-refractivity contribution in [3.63, 3.8) is 0 Å². The first-order valence-electron chi connectivity index (χ1n) is 5.80. The van der Waals surface area contributed by atoms with Gasteiger partial charge in [-0.3, -0.25) is 0 Å². The molecule has 0 fully saturated rings. The second-order valence-electron chi connectivity index (χ2n) is 4.13. The van der Waals surface area contributed by atoms with Crippen molar-refractivity contribution in [2.75, 3.05) is 11.9 Å². The number of anilines is 1. The van der Waals surface area contributed by atoms with Crippen LogP contribution in [0, 0.1) is 11.6 Å². The highest BCUT2D eigenvalue weighted by molar-refractivity contribution is 9.10.